The maximum atomic E-state index is 13.7. The maximum Gasteiger partial charge on any atom is 0.277 e. The molecule has 11 heteroatoms. The molecule has 1 N–H and O–H groups in total. The van der Waals surface area contributed by atoms with E-state index in [9.17, 15) is 21.6 Å². The summed E-state index contributed by atoms with van der Waals surface area (Å²) in [4.78, 5) is 12.3. The van der Waals surface area contributed by atoms with Crippen molar-refractivity contribution in [2.75, 3.05) is 11.6 Å². The minimum Gasteiger partial charge on any atom is -0.353 e. The lowest BCUT2D eigenvalue weighted by Gasteiger charge is -2.15. The number of halogens is 3. The second-order valence-corrected chi connectivity index (χ2v) is 9.36. The van der Waals surface area contributed by atoms with Gasteiger partial charge in [0.25, 0.3) is 6.43 Å². The normalized spacial score (nSPS) is 12.9. The first-order valence-electron chi connectivity index (χ1n) is 9.65. The summed E-state index contributed by atoms with van der Waals surface area (Å²) in [5.74, 6) is -0.733. The van der Waals surface area contributed by atoms with E-state index < -0.39 is 22.1 Å². The van der Waals surface area contributed by atoms with E-state index in [0.29, 0.717) is 17.1 Å². The molecule has 0 saturated carbocycles. The fourth-order valence-electron chi connectivity index (χ4n) is 3.44. The summed E-state index contributed by atoms with van der Waals surface area (Å²) in [6.07, 6.45) is -1.80. The van der Waals surface area contributed by atoms with E-state index in [-0.39, 0.29) is 46.2 Å². The second kappa shape index (κ2) is 8.63. The Balaban J connectivity index is 1.79. The highest BCUT2D eigenvalue weighted by Crippen LogP contribution is 2.38. The van der Waals surface area contributed by atoms with Gasteiger partial charge in [0.1, 0.15) is 23.3 Å². The Bertz CT molecular complexity index is 1430. The third-order valence-electron chi connectivity index (χ3n) is 4.87. The zero-order valence-corrected chi connectivity index (χ0v) is 18.0. The van der Waals surface area contributed by atoms with Crippen LogP contribution in [0.25, 0.3) is 0 Å². The van der Waals surface area contributed by atoms with Crippen LogP contribution >= 0.6 is 0 Å². The fraction of sp³-hybridized carbons (Fsp3) is 0.182. The number of rotatable bonds is 6. The predicted octanol–water partition coefficient (Wildman–Crippen LogP) is 4.12. The Labute approximate surface area is 187 Å². The quantitative estimate of drug-likeness (QED) is 0.580. The van der Waals surface area contributed by atoms with Gasteiger partial charge < -0.3 is 5.32 Å². The molecule has 0 bridgehead atoms. The van der Waals surface area contributed by atoms with Crippen LogP contribution in [-0.2, 0) is 22.7 Å². The molecule has 7 nitrogen and oxygen atoms in total. The fourth-order valence-corrected chi connectivity index (χ4v) is 4.29. The van der Waals surface area contributed by atoms with Gasteiger partial charge in [-0.05, 0) is 36.4 Å². The Hall–Kier alpha value is -3.78. The van der Waals surface area contributed by atoms with E-state index in [1.54, 1.807) is 24.3 Å². The SMILES string of the molecule is CS(=O)(=O)c1cc(F)ccc1Nc1cc(Cc2cccc(C#N)n2)nc2c1N=C(C(F)F)C2. The molecular formula is C22H16F3N5O2S. The van der Waals surface area contributed by atoms with Gasteiger partial charge in [0, 0.05) is 30.5 Å². The number of nitrogens with one attached hydrogen (secondary N) is 1. The first kappa shape index (κ1) is 22.4. The first-order valence-corrected chi connectivity index (χ1v) is 11.5. The topological polar surface area (TPSA) is 108 Å². The number of anilines is 2. The van der Waals surface area contributed by atoms with Gasteiger partial charge >= 0.3 is 0 Å². The average Bonchev–Trinajstić information content (AvgIpc) is 3.19. The standard InChI is InChI=1S/C22H16F3N5O2S/c1-33(31,32)20-7-12(23)5-6-16(20)29-17-9-15(8-13-3-2-4-14(11-26)27-13)28-18-10-19(22(24)25)30-21(17)18/h2-7,9,22H,8,10H2,1H3,(H,28,29). The zero-order chi connectivity index (χ0) is 23.8. The van der Waals surface area contributed by atoms with Gasteiger partial charge in [0.05, 0.1) is 27.7 Å². The summed E-state index contributed by atoms with van der Waals surface area (Å²) in [6.45, 7) is 0. The Morgan fingerprint density at radius 2 is 1.91 bits per heavy atom. The van der Waals surface area contributed by atoms with Crippen molar-refractivity contribution >= 4 is 32.6 Å². The molecule has 3 heterocycles. The smallest absolute Gasteiger partial charge is 0.277 e. The van der Waals surface area contributed by atoms with Crippen molar-refractivity contribution in [2.45, 2.75) is 24.2 Å². The lowest BCUT2D eigenvalue weighted by Crippen LogP contribution is -2.10. The van der Waals surface area contributed by atoms with Crippen molar-refractivity contribution in [3.63, 3.8) is 0 Å². The molecule has 0 amide bonds. The lowest BCUT2D eigenvalue weighted by atomic mass is 10.1. The summed E-state index contributed by atoms with van der Waals surface area (Å²) >= 11 is 0. The molecule has 3 aromatic rings. The number of aromatic nitrogens is 2. The first-order chi connectivity index (χ1) is 15.6. The average molecular weight is 471 g/mol. The van der Waals surface area contributed by atoms with Gasteiger partial charge in [-0.15, -0.1) is 0 Å². The van der Waals surface area contributed by atoms with Crippen LogP contribution in [0.2, 0.25) is 0 Å². The van der Waals surface area contributed by atoms with E-state index in [0.717, 1.165) is 18.4 Å². The van der Waals surface area contributed by atoms with Gasteiger partial charge in [-0.3, -0.25) is 4.98 Å². The summed E-state index contributed by atoms with van der Waals surface area (Å²) in [5, 5.41) is 12.0. The molecule has 0 unspecified atom stereocenters. The van der Waals surface area contributed by atoms with Gasteiger partial charge in [-0.1, -0.05) is 6.07 Å². The Morgan fingerprint density at radius 1 is 1.12 bits per heavy atom. The van der Waals surface area contributed by atoms with Crippen LogP contribution in [0.15, 0.2) is 52.4 Å². The summed E-state index contributed by atoms with van der Waals surface area (Å²) < 4.78 is 64.7. The zero-order valence-electron chi connectivity index (χ0n) is 17.2. The van der Waals surface area contributed by atoms with Gasteiger partial charge in [0.15, 0.2) is 9.84 Å². The summed E-state index contributed by atoms with van der Waals surface area (Å²) in [6, 6.07) is 11.6. The highest BCUT2D eigenvalue weighted by molar-refractivity contribution is 7.90. The molecule has 0 aliphatic carbocycles. The number of alkyl halides is 2. The summed E-state index contributed by atoms with van der Waals surface area (Å²) in [7, 11) is -3.80. The van der Waals surface area contributed by atoms with Crippen molar-refractivity contribution in [2.24, 2.45) is 4.99 Å². The Morgan fingerprint density at radius 3 is 2.61 bits per heavy atom. The molecule has 2 aromatic heterocycles. The van der Waals surface area contributed by atoms with Crippen LogP contribution in [-0.4, -0.2) is 36.8 Å². The number of aliphatic imine (C=N–C) groups is 1. The van der Waals surface area contributed by atoms with Crippen molar-refractivity contribution in [1.29, 1.82) is 5.26 Å². The molecule has 1 aliphatic heterocycles. The molecule has 0 spiro atoms. The number of nitriles is 1. The highest BCUT2D eigenvalue weighted by Gasteiger charge is 2.27. The number of hydrogen-bond donors (Lipinski definition) is 1. The third-order valence-corrected chi connectivity index (χ3v) is 6.01. The molecular weight excluding hydrogens is 455 g/mol. The number of fused-ring (bicyclic) bond motifs is 1. The van der Waals surface area contributed by atoms with E-state index in [2.05, 4.69) is 20.3 Å². The van der Waals surface area contributed by atoms with Crippen LogP contribution in [0.3, 0.4) is 0 Å². The van der Waals surface area contributed by atoms with Crippen LogP contribution in [0, 0.1) is 17.1 Å². The van der Waals surface area contributed by atoms with Gasteiger partial charge in [-0.25, -0.2) is 31.6 Å². The number of pyridine rings is 2. The monoisotopic (exact) mass is 471 g/mol. The maximum absolute atomic E-state index is 13.7. The minimum absolute atomic E-state index is 0.0727. The van der Waals surface area contributed by atoms with E-state index in [4.69, 9.17) is 5.26 Å². The van der Waals surface area contributed by atoms with E-state index in [1.165, 1.54) is 6.07 Å². The molecule has 0 atom stereocenters. The largest absolute Gasteiger partial charge is 0.353 e. The third kappa shape index (κ3) is 4.85. The van der Waals surface area contributed by atoms with Crippen LogP contribution < -0.4 is 5.32 Å². The highest BCUT2D eigenvalue weighted by atomic mass is 32.2. The van der Waals surface area contributed by atoms with Crippen LogP contribution in [0.4, 0.5) is 30.2 Å². The minimum atomic E-state index is -3.80. The molecule has 0 saturated heterocycles. The number of nitrogens with zero attached hydrogens (tertiary/aromatic N) is 4. The number of sulfone groups is 1. The van der Waals surface area contributed by atoms with Crippen molar-refractivity contribution in [3.05, 3.63) is 71.1 Å². The molecule has 33 heavy (non-hydrogen) atoms. The van der Waals surface area contributed by atoms with Crippen LogP contribution in [0.5, 0.6) is 0 Å². The van der Waals surface area contributed by atoms with Crippen LogP contribution in [0.1, 0.15) is 22.8 Å². The molecule has 4 rings (SSSR count). The number of hydrogen-bond acceptors (Lipinski definition) is 7. The van der Waals surface area contributed by atoms with Crippen molar-refractivity contribution in [3.8, 4) is 6.07 Å². The van der Waals surface area contributed by atoms with Gasteiger partial charge in [0.2, 0.25) is 0 Å². The second-order valence-electron chi connectivity index (χ2n) is 7.38. The van der Waals surface area contributed by atoms with Crippen molar-refractivity contribution in [1.82, 2.24) is 9.97 Å². The van der Waals surface area contributed by atoms with Gasteiger partial charge in [-0.2, -0.15) is 5.26 Å². The van der Waals surface area contributed by atoms with E-state index in [1.807, 2.05) is 6.07 Å². The number of benzene rings is 1. The Kier molecular flexibility index (Phi) is 5.86. The molecule has 0 radical (unpaired) electrons. The summed E-state index contributed by atoms with van der Waals surface area (Å²) in [5.41, 5.74) is 1.64. The molecule has 0 fully saturated rings. The lowest BCUT2D eigenvalue weighted by molar-refractivity contribution is 0.224. The van der Waals surface area contributed by atoms with Crippen molar-refractivity contribution < 1.29 is 21.6 Å². The molecule has 1 aromatic carbocycles. The van der Waals surface area contributed by atoms with E-state index >= 15 is 0 Å². The molecule has 1 aliphatic rings. The molecule has 168 valence electrons. The predicted molar refractivity (Wildman–Crippen MR) is 116 cm³/mol.